The van der Waals surface area contributed by atoms with Gasteiger partial charge in [0.15, 0.2) is 5.82 Å². The smallest absolute Gasteiger partial charge is 0.151 e. The van der Waals surface area contributed by atoms with E-state index in [0.29, 0.717) is 12.5 Å². The third kappa shape index (κ3) is 3.26. The molecule has 2 aromatic rings. The van der Waals surface area contributed by atoms with Crippen molar-refractivity contribution in [2.24, 2.45) is 0 Å². The van der Waals surface area contributed by atoms with Gasteiger partial charge in [0.2, 0.25) is 0 Å². The fourth-order valence-electron chi connectivity index (χ4n) is 1.95. The first-order valence-electron chi connectivity index (χ1n) is 6.54. The molecule has 0 aliphatic heterocycles. The molecule has 0 saturated carbocycles. The predicted molar refractivity (Wildman–Crippen MR) is 78.6 cm³/mol. The lowest BCUT2D eigenvalue weighted by molar-refractivity contribution is 0.587. The fraction of sp³-hybridized carbons (Fsp3) is 0.250. The van der Waals surface area contributed by atoms with Crippen LogP contribution in [0, 0.1) is 11.6 Å². The monoisotopic (exact) mass is 276 g/mol. The molecule has 0 unspecified atom stereocenters. The summed E-state index contributed by atoms with van der Waals surface area (Å²) in [6, 6.07) is 10.1. The molecule has 0 spiro atoms. The van der Waals surface area contributed by atoms with E-state index in [4.69, 9.17) is 5.73 Å². The van der Waals surface area contributed by atoms with Gasteiger partial charge in [-0.1, -0.05) is 38.1 Å². The van der Waals surface area contributed by atoms with E-state index in [9.17, 15) is 8.78 Å². The van der Waals surface area contributed by atoms with E-state index in [1.54, 1.807) is 0 Å². The minimum absolute atomic E-state index is 0.0646. The first-order valence-corrected chi connectivity index (χ1v) is 6.54. The second-order valence-corrected chi connectivity index (χ2v) is 5.10. The molecule has 0 aliphatic rings. The number of nitrogens with two attached hydrogens (primary N) is 1. The minimum atomic E-state index is -0.748. The van der Waals surface area contributed by atoms with Crippen molar-refractivity contribution in [1.82, 2.24) is 0 Å². The molecule has 4 heteroatoms. The van der Waals surface area contributed by atoms with Gasteiger partial charge in [-0.15, -0.1) is 0 Å². The van der Waals surface area contributed by atoms with Gasteiger partial charge in [-0.2, -0.15) is 0 Å². The molecule has 0 fully saturated rings. The number of nitrogen functional groups attached to an aromatic ring is 1. The standard InChI is InChI=1S/C16H18F2N2/c1-10(2)12-5-3-11(4-6-12)9-20-15-8-13(17)7-14(18)16(15)19/h3-8,10,20H,9,19H2,1-2H3. The average molecular weight is 276 g/mol. The van der Waals surface area contributed by atoms with Crippen molar-refractivity contribution >= 4 is 11.4 Å². The van der Waals surface area contributed by atoms with E-state index in [0.717, 1.165) is 11.6 Å². The van der Waals surface area contributed by atoms with Crippen molar-refractivity contribution in [3.8, 4) is 0 Å². The molecule has 2 aromatic carbocycles. The number of hydrogen-bond donors (Lipinski definition) is 2. The maximum absolute atomic E-state index is 13.3. The summed E-state index contributed by atoms with van der Waals surface area (Å²) in [7, 11) is 0. The van der Waals surface area contributed by atoms with Gasteiger partial charge in [0.05, 0.1) is 11.4 Å². The van der Waals surface area contributed by atoms with Crippen molar-refractivity contribution < 1.29 is 8.78 Å². The van der Waals surface area contributed by atoms with Crippen LogP contribution in [-0.2, 0) is 6.54 Å². The molecule has 0 atom stereocenters. The molecule has 2 rings (SSSR count). The fourth-order valence-corrected chi connectivity index (χ4v) is 1.95. The van der Waals surface area contributed by atoms with Crippen LogP contribution in [0.25, 0.3) is 0 Å². The zero-order chi connectivity index (χ0) is 14.7. The molecule has 2 nitrogen and oxygen atoms in total. The lowest BCUT2D eigenvalue weighted by atomic mass is 10.0. The van der Waals surface area contributed by atoms with Crippen LogP contribution in [0.2, 0.25) is 0 Å². The second kappa shape index (κ2) is 5.90. The Kier molecular flexibility index (Phi) is 4.23. The van der Waals surface area contributed by atoms with Crippen molar-refractivity contribution in [2.75, 3.05) is 11.1 Å². The number of hydrogen-bond acceptors (Lipinski definition) is 2. The van der Waals surface area contributed by atoms with Gasteiger partial charge in [0.25, 0.3) is 0 Å². The van der Waals surface area contributed by atoms with E-state index in [1.807, 2.05) is 12.1 Å². The highest BCUT2D eigenvalue weighted by atomic mass is 19.1. The molecule has 0 saturated heterocycles. The summed E-state index contributed by atoms with van der Waals surface area (Å²) in [6.07, 6.45) is 0. The largest absolute Gasteiger partial charge is 0.395 e. The summed E-state index contributed by atoms with van der Waals surface area (Å²) in [5.41, 5.74) is 8.07. The Hall–Kier alpha value is -2.10. The summed E-state index contributed by atoms with van der Waals surface area (Å²) in [5, 5.41) is 2.95. The molecular weight excluding hydrogens is 258 g/mol. The van der Waals surface area contributed by atoms with Gasteiger partial charge in [0, 0.05) is 12.6 Å². The van der Waals surface area contributed by atoms with Gasteiger partial charge in [0.1, 0.15) is 5.82 Å². The molecular formula is C16H18F2N2. The van der Waals surface area contributed by atoms with Crippen LogP contribution in [0.5, 0.6) is 0 Å². The molecule has 0 radical (unpaired) electrons. The zero-order valence-electron chi connectivity index (χ0n) is 11.6. The molecule has 0 aliphatic carbocycles. The topological polar surface area (TPSA) is 38.0 Å². The third-order valence-electron chi connectivity index (χ3n) is 3.22. The number of benzene rings is 2. The summed E-state index contributed by atoms with van der Waals surface area (Å²) >= 11 is 0. The Balaban J connectivity index is 2.09. The molecule has 0 aromatic heterocycles. The Morgan fingerprint density at radius 2 is 1.75 bits per heavy atom. The third-order valence-corrected chi connectivity index (χ3v) is 3.22. The van der Waals surface area contributed by atoms with Crippen LogP contribution in [0.15, 0.2) is 36.4 Å². The predicted octanol–water partition coefficient (Wildman–Crippen LogP) is 4.28. The van der Waals surface area contributed by atoms with Crippen molar-refractivity contribution in [3.63, 3.8) is 0 Å². The lowest BCUT2D eigenvalue weighted by Crippen LogP contribution is -2.05. The summed E-state index contributed by atoms with van der Waals surface area (Å²) in [5.74, 6) is -0.915. The second-order valence-electron chi connectivity index (χ2n) is 5.10. The number of nitrogens with one attached hydrogen (secondary N) is 1. The number of rotatable bonds is 4. The van der Waals surface area contributed by atoms with Crippen LogP contribution in [-0.4, -0.2) is 0 Å². The Morgan fingerprint density at radius 3 is 2.35 bits per heavy atom. The highest BCUT2D eigenvalue weighted by Gasteiger charge is 2.08. The van der Waals surface area contributed by atoms with Crippen LogP contribution < -0.4 is 11.1 Å². The highest BCUT2D eigenvalue weighted by molar-refractivity contribution is 5.66. The van der Waals surface area contributed by atoms with E-state index in [1.165, 1.54) is 11.6 Å². The van der Waals surface area contributed by atoms with Crippen LogP contribution in [0.3, 0.4) is 0 Å². The molecule has 20 heavy (non-hydrogen) atoms. The maximum atomic E-state index is 13.3. The average Bonchev–Trinajstić information content (AvgIpc) is 2.41. The van der Waals surface area contributed by atoms with Crippen molar-refractivity contribution in [2.45, 2.75) is 26.3 Å². The highest BCUT2D eigenvalue weighted by Crippen LogP contribution is 2.24. The Bertz CT molecular complexity index is 592. The first kappa shape index (κ1) is 14.3. The van der Waals surface area contributed by atoms with Crippen molar-refractivity contribution in [3.05, 3.63) is 59.2 Å². The SMILES string of the molecule is CC(C)c1ccc(CNc2cc(F)cc(F)c2N)cc1. The van der Waals surface area contributed by atoms with Gasteiger partial charge in [-0.25, -0.2) is 8.78 Å². The van der Waals surface area contributed by atoms with E-state index in [-0.39, 0.29) is 11.4 Å². The van der Waals surface area contributed by atoms with Gasteiger partial charge >= 0.3 is 0 Å². The minimum Gasteiger partial charge on any atom is -0.395 e. The molecule has 3 N–H and O–H groups in total. The van der Waals surface area contributed by atoms with Crippen LogP contribution in [0.4, 0.5) is 20.2 Å². The van der Waals surface area contributed by atoms with E-state index in [2.05, 4.69) is 31.3 Å². The Morgan fingerprint density at radius 1 is 1.10 bits per heavy atom. The molecule has 0 heterocycles. The molecule has 0 amide bonds. The van der Waals surface area contributed by atoms with Gasteiger partial charge < -0.3 is 11.1 Å². The Labute approximate surface area is 117 Å². The molecule has 0 bridgehead atoms. The quantitative estimate of drug-likeness (QED) is 0.818. The number of anilines is 2. The van der Waals surface area contributed by atoms with E-state index < -0.39 is 11.6 Å². The maximum Gasteiger partial charge on any atom is 0.151 e. The van der Waals surface area contributed by atoms with Crippen molar-refractivity contribution in [1.29, 1.82) is 0 Å². The van der Waals surface area contributed by atoms with E-state index >= 15 is 0 Å². The molecule has 106 valence electrons. The zero-order valence-corrected chi connectivity index (χ0v) is 11.6. The van der Waals surface area contributed by atoms with Crippen LogP contribution in [0.1, 0.15) is 30.9 Å². The lowest BCUT2D eigenvalue weighted by Gasteiger charge is -2.11. The number of halogens is 2. The normalized spacial score (nSPS) is 10.8. The summed E-state index contributed by atoms with van der Waals surface area (Å²) < 4.78 is 26.4. The van der Waals surface area contributed by atoms with Gasteiger partial charge in [-0.3, -0.25) is 0 Å². The first-order chi connectivity index (χ1) is 9.47. The van der Waals surface area contributed by atoms with Crippen LogP contribution >= 0.6 is 0 Å². The van der Waals surface area contributed by atoms with Gasteiger partial charge in [-0.05, 0) is 23.1 Å². The summed E-state index contributed by atoms with van der Waals surface area (Å²) in [4.78, 5) is 0. The summed E-state index contributed by atoms with van der Waals surface area (Å²) in [6.45, 7) is 4.72.